The van der Waals surface area contributed by atoms with Gasteiger partial charge < -0.3 is 15.3 Å². The Labute approximate surface area is 96.8 Å². The standard InChI is InChI=1S/C11H22N2O3/c1-5-9(10(14)15)12-11(16)13(4)7-6-8(2)3/h8-9H,5-7H2,1-4H3,(H,12,16)(H,14,15)/t9-/m1/s1. The molecule has 0 aliphatic heterocycles. The molecule has 0 aliphatic rings. The lowest BCUT2D eigenvalue weighted by molar-refractivity contribution is -0.139. The summed E-state index contributed by atoms with van der Waals surface area (Å²) in [4.78, 5) is 23.8. The summed E-state index contributed by atoms with van der Waals surface area (Å²) in [6.07, 6.45) is 1.30. The van der Waals surface area contributed by atoms with Gasteiger partial charge in [0.15, 0.2) is 0 Å². The third-order valence-corrected chi connectivity index (χ3v) is 2.39. The number of hydrogen-bond donors (Lipinski definition) is 2. The summed E-state index contributed by atoms with van der Waals surface area (Å²) < 4.78 is 0. The first-order chi connectivity index (χ1) is 7.38. The summed E-state index contributed by atoms with van der Waals surface area (Å²) in [5.41, 5.74) is 0. The lowest BCUT2D eigenvalue weighted by Crippen LogP contribution is -2.46. The van der Waals surface area contributed by atoms with Crippen molar-refractivity contribution < 1.29 is 14.7 Å². The number of nitrogens with zero attached hydrogens (tertiary/aromatic N) is 1. The normalized spacial score (nSPS) is 12.3. The van der Waals surface area contributed by atoms with E-state index < -0.39 is 12.0 Å². The van der Waals surface area contributed by atoms with E-state index in [0.29, 0.717) is 18.9 Å². The van der Waals surface area contributed by atoms with Crippen molar-refractivity contribution in [3.63, 3.8) is 0 Å². The maximum atomic E-state index is 11.6. The van der Waals surface area contributed by atoms with Crippen LogP contribution in [0.5, 0.6) is 0 Å². The van der Waals surface area contributed by atoms with E-state index in [1.807, 2.05) is 0 Å². The molecule has 0 rings (SSSR count). The molecule has 0 bridgehead atoms. The second-order valence-corrected chi connectivity index (χ2v) is 4.35. The van der Waals surface area contributed by atoms with Gasteiger partial charge in [-0.2, -0.15) is 0 Å². The number of carboxylic acid groups (broad SMARTS) is 1. The van der Waals surface area contributed by atoms with Crippen LogP contribution in [0.1, 0.15) is 33.6 Å². The summed E-state index contributed by atoms with van der Waals surface area (Å²) in [5.74, 6) is -0.468. The van der Waals surface area contributed by atoms with E-state index in [9.17, 15) is 9.59 Å². The van der Waals surface area contributed by atoms with Gasteiger partial charge in [-0.15, -0.1) is 0 Å². The van der Waals surface area contributed by atoms with Crippen LogP contribution >= 0.6 is 0 Å². The molecule has 0 saturated heterocycles. The van der Waals surface area contributed by atoms with Crippen LogP contribution in [-0.4, -0.2) is 41.6 Å². The number of urea groups is 1. The first-order valence-electron chi connectivity index (χ1n) is 5.62. The number of carbonyl (C=O) groups excluding carboxylic acids is 1. The molecule has 0 spiro atoms. The Hall–Kier alpha value is -1.26. The molecule has 2 N–H and O–H groups in total. The van der Waals surface area contributed by atoms with Crippen molar-refractivity contribution in [3.05, 3.63) is 0 Å². The number of rotatable bonds is 6. The predicted molar refractivity (Wildman–Crippen MR) is 62.3 cm³/mol. The van der Waals surface area contributed by atoms with Gasteiger partial charge in [0.05, 0.1) is 0 Å². The minimum atomic E-state index is -0.992. The van der Waals surface area contributed by atoms with Crippen LogP contribution in [0.25, 0.3) is 0 Å². The summed E-state index contributed by atoms with van der Waals surface area (Å²) in [7, 11) is 1.67. The number of hydrogen-bond acceptors (Lipinski definition) is 2. The Bertz CT molecular complexity index is 241. The highest BCUT2D eigenvalue weighted by atomic mass is 16.4. The molecule has 5 nitrogen and oxygen atoms in total. The van der Waals surface area contributed by atoms with Crippen LogP contribution in [-0.2, 0) is 4.79 Å². The average molecular weight is 230 g/mol. The van der Waals surface area contributed by atoms with Crippen LogP contribution in [0.15, 0.2) is 0 Å². The SMILES string of the molecule is CC[C@@H](NC(=O)N(C)CCC(C)C)C(=O)O. The third kappa shape index (κ3) is 5.58. The summed E-state index contributed by atoms with van der Waals surface area (Å²) in [6, 6.07) is -1.12. The minimum absolute atomic E-state index is 0.324. The van der Waals surface area contributed by atoms with E-state index in [2.05, 4.69) is 19.2 Å². The van der Waals surface area contributed by atoms with Crippen molar-refractivity contribution in [3.8, 4) is 0 Å². The molecular weight excluding hydrogens is 208 g/mol. The topological polar surface area (TPSA) is 69.6 Å². The van der Waals surface area contributed by atoms with Crippen LogP contribution in [0, 0.1) is 5.92 Å². The van der Waals surface area contributed by atoms with E-state index in [1.54, 1.807) is 14.0 Å². The van der Waals surface area contributed by atoms with E-state index in [-0.39, 0.29) is 6.03 Å². The Kier molecular flexibility index (Phi) is 6.53. The number of carboxylic acids is 1. The number of nitrogens with one attached hydrogen (secondary N) is 1. The highest BCUT2D eigenvalue weighted by Crippen LogP contribution is 2.01. The molecule has 0 saturated carbocycles. The predicted octanol–water partition coefficient (Wildman–Crippen LogP) is 1.54. The van der Waals surface area contributed by atoms with Crippen LogP contribution in [0.4, 0.5) is 4.79 Å². The fourth-order valence-corrected chi connectivity index (χ4v) is 1.15. The van der Waals surface area contributed by atoms with Gasteiger partial charge in [-0.1, -0.05) is 20.8 Å². The van der Waals surface area contributed by atoms with Gasteiger partial charge >= 0.3 is 12.0 Å². The van der Waals surface area contributed by atoms with E-state index in [4.69, 9.17) is 5.11 Å². The monoisotopic (exact) mass is 230 g/mol. The van der Waals surface area contributed by atoms with Gasteiger partial charge in [-0.25, -0.2) is 9.59 Å². The molecule has 5 heteroatoms. The number of aliphatic carboxylic acids is 1. The second kappa shape index (κ2) is 7.09. The van der Waals surface area contributed by atoms with Crippen molar-refractivity contribution in [1.82, 2.24) is 10.2 Å². The zero-order valence-corrected chi connectivity index (χ0v) is 10.5. The smallest absolute Gasteiger partial charge is 0.326 e. The Morgan fingerprint density at radius 1 is 1.38 bits per heavy atom. The lowest BCUT2D eigenvalue weighted by Gasteiger charge is -2.21. The molecular formula is C11H22N2O3. The van der Waals surface area contributed by atoms with Crippen molar-refractivity contribution in [2.45, 2.75) is 39.7 Å². The number of amides is 2. The highest BCUT2D eigenvalue weighted by Gasteiger charge is 2.19. The summed E-state index contributed by atoms with van der Waals surface area (Å²) >= 11 is 0. The minimum Gasteiger partial charge on any atom is -0.480 e. The second-order valence-electron chi connectivity index (χ2n) is 4.35. The summed E-state index contributed by atoms with van der Waals surface area (Å²) in [5, 5.41) is 11.3. The Morgan fingerprint density at radius 2 is 1.94 bits per heavy atom. The zero-order valence-electron chi connectivity index (χ0n) is 10.5. The quantitative estimate of drug-likeness (QED) is 0.727. The van der Waals surface area contributed by atoms with Gasteiger partial charge in [0.2, 0.25) is 0 Å². The Balaban J connectivity index is 4.08. The van der Waals surface area contributed by atoms with Gasteiger partial charge in [-0.3, -0.25) is 0 Å². The van der Waals surface area contributed by atoms with E-state index in [0.717, 1.165) is 6.42 Å². The largest absolute Gasteiger partial charge is 0.480 e. The molecule has 0 aliphatic carbocycles. The van der Waals surface area contributed by atoms with Crippen molar-refractivity contribution in [2.75, 3.05) is 13.6 Å². The van der Waals surface area contributed by atoms with Crippen LogP contribution in [0.3, 0.4) is 0 Å². The molecule has 2 amide bonds. The molecule has 94 valence electrons. The molecule has 0 aromatic rings. The van der Waals surface area contributed by atoms with Gasteiger partial charge in [0.25, 0.3) is 0 Å². The molecule has 0 aromatic carbocycles. The van der Waals surface area contributed by atoms with Gasteiger partial charge in [0, 0.05) is 13.6 Å². The molecule has 0 unspecified atom stereocenters. The maximum absolute atomic E-state index is 11.6. The van der Waals surface area contributed by atoms with E-state index >= 15 is 0 Å². The Morgan fingerprint density at radius 3 is 2.31 bits per heavy atom. The maximum Gasteiger partial charge on any atom is 0.326 e. The first-order valence-corrected chi connectivity index (χ1v) is 5.62. The zero-order chi connectivity index (χ0) is 12.7. The highest BCUT2D eigenvalue weighted by molar-refractivity contribution is 5.82. The summed E-state index contributed by atoms with van der Waals surface area (Å²) in [6.45, 7) is 6.53. The van der Waals surface area contributed by atoms with Crippen molar-refractivity contribution in [1.29, 1.82) is 0 Å². The molecule has 0 fully saturated rings. The van der Waals surface area contributed by atoms with Gasteiger partial charge in [-0.05, 0) is 18.8 Å². The molecule has 16 heavy (non-hydrogen) atoms. The van der Waals surface area contributed by atoms with E-state index in [1.165, 1.54) is 4.90 Å². The molecule has 0 radical (unpaired) electrons. The van der Waals surface area contributed by atoms with Crippen LogP contribution in [0.2, 0.25) is 0 Å². The first kappa shape index (κ1) is 14.7. The molecule has 0 heterocycles. The number of carbonyl (C=O) groups is 2. The lowest BCUT2D eigenvalue weighted by atomic mass is 10.1. The third-order valence-electron chi connectivity index (χ3n) is 2.39. The van der Waals surface area contributed by atoms with Crippen LogP contribution < -0.4 is 5.32 Å². The molecule has 0 aromatic heterocycles. The fourth-order valence-electron chi connectivity index (χ4n) is 1.15. The average Bonchev–Trinajstić information content (AvgIpc) is 2.21. The van der Waals surface area contributed by atoms with Gasteiger partial charge in [0.1, 0.15) is 6.04 Å². The fraction of sp³-hybridized carbons (Fsp3) is 0.818. The van der Waals surface area contributed by atoms with Crippen molar-refractivity contribution in [2.24, 2.45) is 5.92 Å². The molecule has 1 atom stereocenters. The van der Waals surface area contributed by atoms with Crippen molar-refractivity contribution >= 4 is 12.0 Å².